The third kappa shape index (κ3) is 3.33. The first-order chi connectivity index (χ1) is 8.52. The van der Waals surface area contributed by atoms with E-state index in [4.69, 9.17) is 6.42 Å². The molecule has 1 atom stereocenters. The maximum atomic E-state index is 11.9. The maximum Gasteiger partial charge on any atom is 0.329 e. The fourth-order valence-electron chi connectivity index (χ4n) is 1.97. The zero-order valence-electron chi connectivity index (χ0n) is 10.4. The molecule has 100 valence electrons. The highest BCUT2D eigenvalue weighted by Crippen LogP contribution is 2.29. The summed E-state index contributed by atoms with van der Waals surface area (Å²) in [5.74, 6) is 2.90. The summed E-state index contributed by atoms with van der Waals surface area (Å²) in [6.45, 7) is 2.58. The molecule has 18 heavy (non-hydrogen) atoms. The molecule has 0 saturated carbocycles. The van der Waals surface area contributed by atoms with Crippen LogP contribution in [0.2, 0.25) is 0 Å². The first-order valence-corrected chi connectivity index (χ1v) is 6.98. The van der Waals surface area contributed by atoms with Crippen LogP contribution in [0, 0.1) is 12.3 Å². The molecule has 1 fully saturated rings. The van der Waals surface area contributed by atoms with Gasteiger partial charge in [0.2, 0.25) is 0 Å². The highest BCUT2D eigenvalue weighted by Gasteiger charge is 2.45. The highest BCUT2D eigenvalue weighted by atomic mass is 32.2. The Kier molecular flexibility index (Phi) is 5.35. The molecular weight excluding hydrogens is 252 g/mol. The summed E-state index contributed by atoms with van der Waals surface area (Å²) < 4.78 is 0. The lowest BCUT2D eigenvalue weighted by Gasteiger charge is -2.31. The van der Waals surface area contributed by atoms with E-state index in [2.05, 4.69) is 11.2 Å². The van der Waals surface area contributed by atoms with E-state index in [9.17, 15) is 14.7 Å². The van der Waals surface area contributed by atoms with Gasteiger partial charge in [0.1, 0.15) is 5.54 Å². The van der Waals surface area contributed by atoms with Gasteiger partial charge in [0.25, 0.3) is 0 Å². The van der Waals surface area contributed by atoms with E-state index in [1.165, 1.54) is 4.90 Å². The van der Waals surface area contributed by atoms with E-state index < -0.39 is 11.5 Å². The Hall–Kier alpha value is -1.35. The number of carbonyl (C=O) groups is 2. The molecule has 1 heterocycles. The fraction of sp³-hybridized carbons (Fsp3) is 0.667. The van der Waals surface area contributed by atoms with Gasteiger partial charge in [0.05, 0.1) is 5.75 Å². The number of nitrogens with one attached hydrogen (secondary N) is 1. The van der Waals surface area contributed by atoms with Crippen LogP contribution in [0.25, 0.3) is 0 Å². The molecule has 2 amide bonds. The summed E-state index contributed by atoms with van der Waals surface area (Å²) in [6.07, 6.45) is 6.33. The van der Waals surface area contributed by atoms with Crippen molar-refractivity contribution in [3.63, 3.8) is 0 Å². The third-order valence-corrected chi connectivity index (χ3v) is 3.92. The van der Waals surface area contributed by atoms with Crippen LogP contribution in [0.1, 0.15) is 19.8 Å². The van der Waals surface area contributed by atoms with Gasteiger partial charge in [-0.15, -0.1) is 18.2 Å². The van der Waals surface area contributed by atoms with Gasteiger partial charge < -0.3 is 15.3 Å². The van der Waals surface area contributed by atoms with Crippen LogP contribution >= 0.6 is 11.8 Å². The molecule has 0 aromatic rings. The molecule has 1 aliphatic heterocycles. The molecule has 1 saturated heterocycles. The second kappa shape index (κ2) is 6.55. The number of terminal acetylenes is 1. The van der Waals surface area contributed by atoms with Gasteiger partial charge >= 0.3 is 12.0 Å². The molecule has 5 nitrogen and oxygen atoms in total. The minimum absolute atomic E-state index is 0.307. The summed E-state index contributed by atoms with van der Waals surface area (Å²) in [4.78, 5) is 24.5. The van der Waals surface area contributed by atoms with Crippen molar-refractivity contribution in [2.75, 3.05) is 24.6 Å². The molecule has 0 radical (unpaired) electrons. The predicted molar refractivity (Wildman–Crippen MR) is 71.5 cm³/mol. The van der Waals surface area contributed by atoms with Crippen molar-refractivity contribution in [2.45, 2.75) is 25.3 Å². The van der Waals surface area contributed by atoms with Crippen LogP contribution in [-0.2, 0) is 4.79 Å². The van der Waals surface area contributed by atoms with E-state index in [0.717, 1.165) is 12.2 Å². The fourth-order valence-corrected chi connectivity index (χ4v) is 2.48. The lowest BCUT2D eigenvalue weighted by Crippen LogP contribution is -2.54. The van der Waals surface area contributed by atoms with Gasteiger partial charge in [0, 0.05) is 18.8 Å². The number of hydrogen-bond donors (Lipinski definition) is 2. The second-order valence-corrected chi connectivity index (χ2v) is 5.43. The van der Waals surface area contributed by atoms with Gasteiger partial charge in [-0.05, 0) is 19.8 Å². The van der Waals surface area contributed by atoms with Crippen LogP contribution in [0.15, 0.2) is 0 Å². The minimum atomic E-state index is -1.07. The van der Waals surface area contributed by atoms with Crippen molar-refractivity contribution < 1.29 is 14.7 Å². The summed E-state index contributed by atoms with van der Waals surface area (Å²) >= 11 is 1.56. The number of amides is 2. The Morgan fingerprint density at radius 2 is 2.33 bits per heavy atom. The number of carboxylic acid groups (broad SMARTS) is 1. The number of aliphatic carboxylic acids is 1. The zero-order chi connectivity index (χ0) is 13.6. The molecule has 1 aliphatic rings. The van der Waals surface area contributed by atoms with E-state index in [1.54, 1.807) is 18.7 Å². The highest BCUT2D eigenvalue weighted by molar-refractivity contribution is 7.99. The quantitative estimate of drug-likeness (QED) is 0.577. The Labute approximate surface area is 111 Å². The average Bonchev–Trinajstić information content (AvgIpc) is 2.72. The molecule has 2 N–H and O–H groups in total. The normalized spacial score (nSPS) is 22.6. The number of thioether (sulfide) groups is 1. The molecular formula is C12H18N2O3S. The number of likely N-dealkylation sites (tertiary alicyclic amines) is 1. The molecule has 0 aliphatic carbocycles. The molecule has 1 unspecified atom stereocenters. The van der Waals surface area contributed by atoms with Gasteiger partial charge in [-0.25, -0.2) is 9.59 Å². The van der Waals surface area contributed by atoms with Gasteiger partial charge in [-0.2, -0.15) is 0 Å². The third-order valence-electron chi connectivity index (χ3n) is 3.05. The Morgan fingerprint density at radius 1 is 1.61 bits per heavy atom. The molecule has 0 spiro atoms. The van der Waals surface area contributed by atoms with E-state index in [1.807, 2.05) is 0 Å². The largest absolute Gasteiger partial charge is 0.480 e. The summed E-state index contributed by atoms with van der Waals surface area (Å²) in [7, 11) is 0. The smallest absolute Gasteiger partial charge is 0.329 e. The number of urea groups is 1. The van der Waals surface area contributed by atoms with Crippen molar-refractivity contribution in [3.8, 4) is 12.3 Å². The van der Waals surface area contributed by atoms with E-state index in [0.29, 0.717) is 25.3 Å². The Bertz CT molecular complexity index is 367. The van der Waals surface area contributed by atoms with Crippen LogP contribution in [0.5, 0.6) is 0 Å². The summed E-state index contributed by atoms with van der Waals surface area (Å²) in [6, 6.07) is -0.307. The van der Waals surface area contributed by atoms with Crippen molar-refractivity contribution >= 4 is 23.8 Å². The zero-order valence-corrected chi connectivity index (χ0v) is 11.3. The average molecular weight is 270 g/mol. The van der Waals surface area contributed by atoms with Gasteiger partial charge in [-0.1, -0.05) is 5.92 Å². The second-order valence-electron chi connectivity index (χ2n) is 4.32. The van der Waals surface area contributed by atoms with Gasteiger partial charge in [-0.3, -0.25) is 0 Å². The number of carboxylic acids is 1. The van der Waals surface area contributed by atoms with Crippen molar-refractivity contribution in [3.05, 3.63) is 0 Å². The standard InChI is InChI=1S/C12H18N2O3S/c1-3-8-18-9-6-13-11(17)14-7-4-5-12(14,2)10(15)16/h1H,4-9H2,2H3,(H,13,17)(H,15,16). The van der Waals surface area contributed by atoms with Crippen molar-refractivity contribution in [1.82, 2.24) is 10.2 Å². The van der Waals surface area contributed by atoms with E-state index in [-0.39, 0.29) is 6.03 Å². The van der Waals surface area contributed by atoms with Crippen LogP contribution in [0.3, 0.4) is 0 Å². The Morgan fingerprint density at radius 3 is 2.94 bits per heavy atom. The molecule has 0 bridgehead atoms. The number of hydrogen-bond acceptors (Lipinski definition) is 3. The minimum Gasteiger partial charge on any atom is -0.480 e. The summed E-state index contributed by atoms with van der Waals surface area (Å²) in [5.41, 5.74) is -1.07. The lowest BCUT2D eigenvalue weighted by atomic mass is 10.00. The maximum absolute atomic E-state index is 11.9. The Balaban J connectivity index is 2.42. The van der Waals surface area contributed by atoms with Crippen molar-refractivity contribution in [2.24, 2.45) is 0 Å². The first-order valence-electron chi connectivity index (χ1n) is 5.82. The SMILES string of the molecule is C#CCSCCNC(=O)N1CCCC1(C)C(=O)O. The predicted octanol–water partition coefficient (Wildman–Crippen LogP) is 1.00. The molecule has 6 heteroatoms. The van der Waals surface area contributed by atoms with E-state index >= 15 is 0 Å². The number of nitrogens with zero attached hydrogens (tertiary/aromatic N) is 1. The number of rotatable bonds is 5. The molecule has 0 aromatic carbocycles. The number of carbonyl (C=O) groups excluding carboxylic acids is 1. The van der Waals surface area contributed by atoms with Crippen LogP contribution < -0.4 is 5.32 Å². The van der Waals surface area contributed by atoms with Crippen LogP contribution in [-0.4, -0.2) is 52.1 Å². The van der Waals surface area contributed by atoms with Crippen LogP contribution in [0.4, 0.5) is 4.79 Å². The summed E-state index contributed by atoms with van der Waals surface area (Å²) in [5, 5.41) is 11.9. The topological polar surface area (TPSA) is 69.6 Å². The molecule has 1 rings (SSSR count). The molecule has 0 aromatic heterocycles. The van der Waals surface area contributed by atoms with Gasteiger partial charge in [0.15, 0.2) is 0 Å². The van der Waals surface area contributed by atoms with Crippen molar-refractivity contribution in [1.29, 1.82) is 0 Å². The first kappa shape index (κ1) is 14.7. The monoisotopic (exact) mass is 270 g/mol. The lowest BCUT2D eigenvalue weighted by molar-refractivity contribution is -0.147.